The predicted octanol–water partition coefficient (Wildman–Crippen LogP) is 2.81. The van der Waals surface area contributed by atoms with Crippen molar-refractivity contribution in [3.8, 4) is 11.6 Å². The standard InChI is InChI=1S/C14H15N3O3/c1-10-7-12(4-5-13(10)17(18)19)20-14-6-3-11(8-15-2)9-16-14/h3-7,9,15H,8H2,1-2H3. The van der Waals surface area contributed by atoms with Gasteiger partial charge >= 0.3 is 0 Å². The number of rotatable bonds is 5. The van der Waals surface area contributed by atoms with E-state index >= 15 is 0 Å². The first-order valence-electron chi connectivity index (χ1n) is 6.12. The Morgan fingerprint density at radius 1 is 1.35 bits per heavy atom. The van der Waals surface area contributed by atoms with Crippen LogP contribution in [-0.4, -0.2) is 17.0 Å². The van der Waals surface area contributed by atoms with E-state index in [0.717, 1.165) is 12.1 Å². The highest BCUT2D eigenvalue weighted by Crippen LogP contribution is 2.26. The Labute approximate surface area is 116 Å². The number of aryl methyl sites for hydroxylation is 1. The van der Waals surface area contributed by atoms with Gasteiger partial charge in [-0.2, -0.15) is 0 Å². The molecule has 0 spiro atoms. The van der Waals surface area contributed by atoms with Crippen LogP contribution in [0.25, 0.3) is 0 Å². The number of aromatic nitrogens is 1. The summed E-state index contributed by atoms with van der Waals surface area (Å²) < 4.78 is 5.57. The molecular weight excluding hydrogens is 258 g/mol. The van der Waals surface area contributed by atoms with Gasteiger partial charge in [0.15, 0.2) is 0 Å². The number of hydrogen-bond donors (Lipinski definition) is 1. The Morgan fingerprint density at radius 3 is 2.70 bits per heavy atom. The molecule has 0 fully saturated rings. The molecule has 0 bridgehead atoms. The molecule has 0 atom stereocenters. The Morgan fingerprint density at radius 2 is 2.15 bits per heavy atom. The molecule has 6 nitrogen and oxygen atoms in total. The minimum atomic E-state index is -0.413. The molecule has 2 rings (SSSR count). The van der Waals surface area contributed by atoms with Crippen LogP contribution in [0.2, 0.25) is 0 Å². The zero-order valence-electron chi connectivity index (χ0n) is 11.3. The normalized spacial score (nSPS) is 10.3. The van der Waals surface area contributed by atoms with Crippen LogP contribution in [-0.2, 0) is 6.54 Å². The lowest BCUT2D eigenvalue weighted by Crippen LogP contribution is -2.05. The van der Waals surface area contributed by atoms with E-state index in [1.54, 1.807) is 31.3 Å². The van der Waals surface area contributed by atoms with Gasteiger partial charge in [-0.1, -0.05) is 6.07 Å². The van der Waals surface area contributed by atoms with Crippen LogP contribution in [0.1, 0.15) is 11.1 Å². The van der Waals surface area contributed by atoms with Crippen LogP contribution in [0.5, 0.6) is 11.6 Å². The minimum Gasteiger partial charge on any atom is -0.439 e. The van der Waals surface area contributed by atoms with E-state index < -0.39 is 4.92 Å². The number of nitrogens with one attached hydrogen (secondary N) is 1. The van der Waals surface area contributed by atoms with E-state index in [9.17, 15) is 10.1 Å². The Bertz CT molecular complexity index is 612. The summed E-state index contributed by atoms with van der Waals surface area (Å²) in [5.74, 6) is 0.986. The van der Waals surface area contributed by atoms with E-state index in [2.05, 4.69) is 10.3 Å². The van der Waals surface area contributed by atoms with Gasteiger partial charge in [0.1, 0.15) is 5.75 Å². The lowest BCUT2D eigenvalue weighted by atomic mass is 10.2. The number of pyridine rings is 1. The van der Waals surface area contributed by atoms with Crippen molar-refractivity contribution in [2.45, 2.75) is 13.5 Å². The fourth-order valence-corrected chi connectivity index (χ4v) is 1.80. The van der Waals surface area contributed by atoms with Gasteiger partial charge < -0.3 is 10.1 Å². The summed E-state index contributed by atoms with van der Waals surface area (Å²) in [7, 11) is 1.87. The summed E-state index contributed by atoms with van der Waals surface area (Å²) in [6.07, 6.45) is 1.73. The first-order valence-corrected chi connectivity index (χ1v) is 6.12. The number of nitro groups is 1. The zero-order valence-corrected chi connectivity index (χ0v) is 11.3. The second-order valence-corrected chi connectivity index (χ2v) is 4.34. The van der Waals surface area contributed by atoms with Crippen molar-refractivity contribution >= 4 is 5.69 Å². The third-order valence-corrected chi connectivity index (χ3v) is 2.77. The average molecular weight is 273 g/mol. The van der Waals surface area contributed by atoms with Crippen molar-refractivity contribution in [3.63, 3.8) is 0 Å². The van der Waals surface area contributed by atoms with Crippen LogP contribution < -0.4 is 10.1 Å². The Hall–Kier alpha value is -2.47. The largest absolute Gasteiger partial charge is 0.439 e. The number of benzene rings is 1. The fourth-order valence-electron chi connectivity index (χ4n) is 1.80. The van der Waals surface area contributed by atoms with Crippen molar-refractivity contribution < 1.29 is 9.66 Å². The minimum absolute atomic E-state index is 0.0784. The first-order chi connectivity index (χ1) is 9.60. The van der Waals surface area contributed by atoms with Crippen LogP contribution in [0.4, 0.5) is 5.69 Å². The molecule has 1 aromatic heterocycles. The molecule has 0 saturated heterocycles. The molecule has 104 valence electrons. The molecule has 0 radical (unpaired) electrons. The number of hydrogen-bond acceptors (Lipinski definition) is 5. The molecule has 1 aromatic carbocycles. The molecule has 0 aliphatic carbocycles. The lowest BCUT2D eigenvalue weighted by Gasteiger charge is -2.06. The highest BCUT2D eigenvalue weighted by Gasteiger charge is 2.11. The van der Waals surface area contributed by atoms with E-state index in [4.69, 9.17) is 4.74 Å². The average Bonchev–Trinajstić information content (AvgIpc) is 2.41. The molecule has 1 N–H and O–H groups in total. The summed E-state index contributed by atoms with van der Waals surface area (Å²) in [4.78, 5) is 14.5. The summed E-state index contributed by atoms with van der Waals surface area (Å²) in [5.41, 5.74) is 1.69. The molecule has 0 aliphatic rings. The lowest BCUT2D eigenvalue weighted by molar-refractivity contribution is -0.385. The van der Waals surface area contributed by atoms with Crippen molar-refractivity contribution in [1.82, 2.24) is 10.3 Å². The maximum atomic E-state index is 10.7. The van der Waals surface area contributed by atoms with E-state index in [-0.39, 0.29) is 5.69 Å². The predicted molar refractivity (Wildman–Crippen MR) is 74.9 cm³/mol. The second kappa shape index (κ2) is 6.12. The van der Waals surface area contributed by atoms with E-state index in [1.807, 2.05) is 13.1 Å². The van der Waals surface area contributed by atoms with Gasteiger partial charge in [-0.15, -0.1) is 0 Å². The highest BCUT2D eigenvalue weighted by molar-refractivity contribution is 5.45. The molecule has 20 heavy (non-hydrogen) atoms. The molecular formula is C14H15N3O3. The van der Waals surface area contributed by atoms with Crippen LogP contribution in [0.3, 0.4) is 0 Å². The molecule has 0 aliphatic heterocycles. The van der Waals surface area contributed by atoms with Crippen molar-refractivity contribution in [1.29, 1.82) is 0 Å². The zero-order chi connectivity index (χ0) is 14.5. The fraction of sp³-hybridized carbons (Fsp3) is 0.214. The molecule has 1 heterocycles. The van der Waals surface area contributed by atoms with Crippen LogP contribution >= 0.6 is 0 Å². The van der Waals surface area contributed by atoms with Crippen molar-refractivity contribution in [2.24, 2.45) is 0 Å². The number of nitrogens with zero attached hydrogens (tertiary/aromatic N) is 2. The highest BCUT2D eigenvalue weighted by atomic mass is 16.6. The maximum absolute atomic E-state index is 10.7. The SMILES string of the molecule is CNCc1ccc(Oc2ccc([N+](=O)[O-])c(C)c2)nc1. The van der Waals surface area contributed by atoms with Crippen LogP contribution in [0, 0.1) is 17.0 Å². The van der Waals surface area contributed by atoms with Gasteiger partial charge in [0.25, 0.3) is 5.69 Å². The summed E-state index contributed by atoms with van der Waals surface area (Å²) in [6, 6.07) is 8.30. The molecule has 0 unspecified atom stereocenters. The number of ether oxygens (including phenoxy) is 1. The summed E-state index contributed by atoms with van der Waals surface area (Å²) in [5, 5.41) is 13.8. The first kappa shape index (κ1) is 14.0. The van der Waals surface area contributed by atoms with E-state index in [0.29, 0.717) is 17.2 Å². The van der Waals surface area contributed by atoms with Gasteiger partial charge in [-0.25, -0.2) is 4.98 Å². The maximum Gasteiger partial charge on any atom is 0.272 e. The molecule has 0 amide bonds. The van der Waals surface area contributed by atoms with Crippen molar-refractivity contribution in [2.75, 3.05) is 7.05 Å². The Kier molecular flexibility index (Phi) is 4.27. The number of nitro benzene ring substituents is 1. The van der Waals surface area contributed by atoms with Gasteiger partial charge in [0.05, 0.1) is 4.92 Å². The monoisotopic (exact) mass is 273 g/mol. The Balaban J connectivity index is 2.13. The molecule has 0 saturated carbocycles. The van der Waals surface area contributed by atoms with E-state index in [1.165, 1.54) is 6.07 Å². The van der Waals surface area contributed by atoms with Crippen LogP contribution in [0.15, 0.2) is 36.5 Å². The summed E-state index contributed by atoms with van der Waals surface area (Å²) >= 11 is 0. The third kappa shape index (κ3) is 3.30. The van der Waals surface area contributed by atoms with Crippen molar-refractivity contribution in [3.05, 3.63) is 57.8 Å². The third-order valence-electron chi connectivity index (χ3n) is 2.77. The van der Waals surface area contributed by atoms with Gasteiger partial charge in [-0.05, 0) is 31.7 Å². The quantitative estimate of drug-likeness (QED) is 0.669. The van der Waals surface area contributed by atoms with Gasteiger partial charge in [-0.3, -0.25) is 10.1 Å². The second-order valence-electron chi connectivity index (χ2n) is 4.34. The molecule has 2 aromatic rings. The topological polar surface area (TPSA) is 77.3 Å². The molecule has 6 heteroatoms. The smallest absolute Gasteiger partial charge is 0.272 e. The summed E-state index contributed by atoms with van der Waals surface area (Å²) in [6.45, 7) is 2.42. The van der Waals surface area contributed by atoms with Gasteiger partial charge in [0, 0.05) is 30.4 Å². The van der Waals surface area contributed by atoms with Gasteiger partial charge in [0.2, 0.25) is 5.88 Å².